The SMILES string of the molecule is CCC[C@H](C)NC(=O)CSc1nnc(-c2ccccc2)n1-c1ccc(F)cc1F. The summed E-state index contributed by atoms with van der Waals surface area (Å²) in [4.78, 5) is 12.2. The van der Waals surface area contributed by atoms with Gasteiger partial charge in [0.05, 0.1) is 11.4 Å². The third-order valence-corrected chi connectivity index (χ3v) is 5.21. The molecule has 3 aromatic rings. The Hall–Kier alpha value is -2.74. The molecule has 0 spiro atoms. The van der Waals surface area contributed by atoms with Crippen LogP contribution in [-0.2, 0) is 4.79 Å². The summed E-state index contributed by atoms with van der Waals surface area (Å²) < 4.78 is 29.5. The van der Waals surface area contributed by atoms with E-state index in [1.54, 1.807) is 0 Å². The standard InChI is InChI=1S/C21H22F2N4OS/c1-3-7-14(2)24-19(28)13-29-21-26-25-20(15-8-5-4-6-9-15)27(21)18-11-10-16(22)12-17(18)23/h4-6,8-12,14H,3,7,13H2,1-2H3,(H,24,28)/t14-/m0/s1. The van der Waals surface area contributed by atoms with Crippen LogP contribution in [0.3, 0.4) is 0 Å². The van der Waals surface area contributed by atoms with Crippen LogP contribution in [0.1, 0.15) is 26.7 Å². The summed E-state index contributed by atoms with van der Waals surface area (Å²) in [5.41, 5.74) is 0.856. The van der Waals surface area contributed by atoms with Gasteiger partial charge in [-0.1, -0.05) is 55.4 Å². The molecule has 5 nitrogen and oxygen atoms in total. The number of benzene rings is 2. The van der Waals surface area contributed by atoms with Crippen LogP contribution in [0.5, 0.6) is 0 Å². The maximum absolute atomic E-state index is 14.5. The van der Waals surface area contributed by atoms with Crippen LogP contribution in [0.25, 0.3) is 17.1 Å². The maximum Gasteiger partial charge on any atom is 0.230 e. The highest BCUT2D eigenvalue weighted by atomic mass is 32.2. The topological polar surface area (TPSA) is 59.8 Å². The summed E-state index contributed by atoms with van der Waals surface area (Å²) in [5.74, 6) is -1.00. The number of carbonyl (C=O) groups is 1. The number of carbonyl (C=O) groups excluding carboxylic acids is 1. The molecule has 29 heavy (non-hydrogen) atoms. The predicted octanol–water partition coefficient (Wildman–Crippen LogP) is 4.61. The van der Waals surface area contributed by atoms with E-state index in [4.69, 9.17) is 0 Å². The Bertz CT molecular complexity index is 978. The molecular formula is C21H22F2N4OS. The molecule has 152 valence electrons. The molecule has 0 saturated heterocycles. The van der Waals surface area contributed by atoms with Crippen LogP contribution in [0, 0.1) is 11.6 Å². The van der Waals surface area contributed by atoms with Gasteiger partial charge >= 0.3 is 0 Å². The number of hydrogen-bond donors (Lipinski definition) is 1. The van der Waals surface area contributed by atoms with Crippen molar-refractivity contribution in [3.05, 3.63) is 60.2 Å². The van der Waals surface area contributed by atoms with Gasteiger partial charge in [-0.25, -0.2) is 8.78 Å². The van der Waals surface area contributed by atoms with Crippen molar-refractivity contribution in [1.82, 2.24) is 20.1 Å². The summed E-state index contributed by atoms with van der Waals surface area (Å²) in [6.07, 6.45) is 1.87. The van der Waals surface area contributed by atoms with Gasteiger partial charge in [0.1, 0.15) is 11.6 Å². The van der Waals surface area contributed by atoms with Gasteiger partial charge in [0.15, 0.2) is 11.0 Å². The molecule has 8 heteroatoms. The number of hydrogen-bond acceptors (Lipinski definition) is 4. The van der Waals surface area contributed by atoms with E-state index in [0.717, 1.165) is 36.2 Å². The Balaban J connectivity index is 1.91. The largest absolute Gasteiger partial charge is 0.353 e. The fourth-order valence-electron chi connectivity index (χ4n) is 2.97. The van der Waals surface area contributed by atoms with Gasteiger partial charge < -0.3 is 5.32 Å². The quantitative estimate of drug-likeness (QED) is 0.545. The molecule has 0 radical (unpaired) electrons. The highest BCUT2D eigenvalue weighted by Gasteiger charge is 2.20. The van der Waals surface area contributed by atoms with Crippen molar-refractivity contribution in [2.45, 2.75) is 37.9 Å². The van der Waals surface area contributed by atoms with Crippen molar-refractivity contribution >= 4 is 17.7 Å². The van der Waals surface area contributed by atoms with Gasteiger partial charge in [-0.05, 0) is 25.5 Å². The average molecular weight is 416 g/mol. The smallest absolute Gasteiger partial charge is 0.230 e. The Labute approximate surface area is 172 Å². The van der Waals surface area contributed by atoms with E-state index in [0.29, 0.717) is 11.0 Å². The van der Waals surface area contributed by atoms with Gasteiger partial charge in [0.25, 0.3) is 0 Å². The van der Waals surface area contributed by atoms with Crippen LogP contribution in [0.4, 0.5) is 8.78 Å². The van der Waals surface area contributed by atoms with Gasteiger partial charge in [-0.3, -0.25) is 9.36 Å². The highest BCUT2D eigenvalue weighted by Crippen LogP contribution is 2.29. The first-order valence-corrected chi connectivity index (χ1v) is 10.4. The molecule has 1 atom stereocenters. The minimum atomic E-state index is -0.732. The summed E-state index contributed by atoms with van der Waals surface area (Å²) in [7, 11) is 0. The molecule has 0 aliphatic heterocycles. The van der Waals surface area contributed by atoms with Crippen molar-refractivity contribution in [3.63, 3.8) is 0 Å². The van der Waals surface area contributed by atoms with Crippen molar-refractivity contribution in [1.29, 1.82) is 0 Å². The lowest BCUT2D eigenvalue weighted by molar-refractivity contribution is -0.119. The zero-order valence-electron chi connectivity index (χ0n) is 16.2. The Morgan fingerprint density at radius 3 is 2.62 bits per heavy atom. The monoisotopic (exact) mass is 416 g/mol. The van der Waals surface area contributed by atoms with Crippen molar-refractivity contribution in [2.24, 2.45) is 0 Å². The lowest BCUT2D eigenvalue weighted by Gasteiger charge is -2.13. The van der Waals surface area contributed by atoms with E-state index in [1.165, 1.54) is 16.7 Å². The van der Waals surface area contributed by atoms with Crippen LogP contribution >= 0.6 is 11.8 Å². The van der Waals surface area contributed by atoms with Gasteiger partial charge in [-0.2, -0.15) is 0 Å². The van der Waals surface area contributed by atoms with E-state index >= 15 is 0 Å². The average Bonchev–Trinajstić information content (AvgIpc) is 3.11. The number of aromatic nitrogens is 3. The number of rotatable bonds is 8. The zero-order chi connectivity index (χ0) is 20.8. The molecule has 0 aliphatic rings. The van der Waals surface area contributed by atoms with E-state index in [1.807, 2.05) is 37.3 Å². The number of amides is 1. The van der Waals surface area contributed by atoms with E-state index < -0.39 is 11.6 Å². The Morgan fingerprint density at radius 1 is 1.17 bits per heavy atom. The minimum Gasteiger partial charge on any atom is -0.353 e. The fourth-order valence-corrected chi connectivity index (χ4v) is 3.73. The second-order valence-electron chi connectivity index (χ2n) is 6.65. The number of halogens is 2. The second-order valence-corrected chi connectivity index (χ2v) is 7.59. The fraction of sp³-hybridized carbons (Fsp3) is 0.286. The van der Waals surface area contributed by atoms with Gasteiger partial charge in [-0.15, -0.1) is 10.2 Å². The van der Waals surface area contributed by atoms with E-state index in [2.05, 4.69) is 22.4 Å². The summed E-state index contributed by atoms with van der Waals surface area (Å²) >= 11 is 1.16. The predicted molar refractivity (Wildman–Crippen MR) is 110 cm³/mol. The first-order chi connectivity index (χ1) is 14.0. The lowest BCUT2D eigenvalue weighted by atomic mass is 10.2. The van der Waals surface area contributed by atoms with E-state index in [9.17, 15) is 13.6 Å². The molecule has 3 rings (SSSR count). The van der Waals surface area contributed by atoms with Crippen molar-refractivity contribution in [3.8, 4) is 17.1 Å². The highest BCUT2D eigenvalue weighted by molar-refractivity contribution is 7.99. The van der Waals surface area contributed by atoms with Crippen LogP contribution in [0.15, 0.2) is 53.7 Å². The van der Waals surface area contributed by atoms with Crippen molar-refractivity contribution in [2.75, 3.05) is 5.75 Å². The summed E-state index contributed by atoms with van der Waals surface area (Å²) in [5, 5.41) is 11.6. The normalized spacial score (nSPS) is 12.0. The first kappa shape index (κ1) is 21.0. The molecule has 1 heterocycles. The molecule has 2 aromatic carbocycles. The van der Waals surface area contributed by atoms with Crippen LogP contribution < -0.4 is 5.32 Å². The molecule has 0 fully saturated rings. The molecule has 0 unspecified atom stereocenters. The summed E-state index contributed by atoms with van der Waals surface area (Å²) in [6, 6.07) is 12.6. The number of nitrogens with one attached hydrogen (secondary N) is 1. The molecule has 1 aromatic heterocycles. The van der Waals surface area contributed by atoms with E-state index in [-0.39, 0.29) is 23.4 Å². The Morgan fingerprint density at radius 2 is 1.93 bits per heavy atom. The van der Waals surface area contributed by atoms with Gasteiger partial charge in [0.2, 0.25) is 5.91 Å². The van der Waals surface area contributed by atoms with Crippen LogP contribution in [-0.4, -0.2) is 32.5 Å². The number of thioether (sulfide) groups is 1. The molecular weight excluding hydrogens is 394 g/mol. The summed E-state index contributed by atoms with van der Waals surface area (Å²) in [6.45, 7) is 4.01. The second kappa shape index (κ2) is 9.65. The lowest BCUT2D eigenvalue weighted by Crippen LogP contribution is -2.33. The molecule has 0 bridgehead atoms. The molecule has 1 N–H and O–H groups in total. The van der Waals surface area contributed by atoms with Crippen molar-refractivity contribution < 1.29 is 13.6 Å². The van der Waals surface area contributed by atoms with Gasteiger partial charge in [0, 0.05) is 17.7 Å². The number of nitrogens with zero attached hydrogens (tertiary/aromatic N) is 3. The maximum atomic E-state index is 14.5. The minimum absolute atomic E-state index is 0.0837. The van der Waals surface area contributed by atoms with Crippen LogP contribution in [0.2, 0.25) is 0 Å². The third kappa shape index (κ3) is 5.20. The Kier molecular flexibility index (Phi) is 6.98. The molecule has 1 amide bonds. The molecule has 0 aliphatic carbocycles. The third-order valence-electron chi connectivity index (χ3n) is 4.28. The zero-order valence-corrected chi connectivity index (χ0v) is 17.0. The molecule has 0 saturated carbocycles. The first-order valence-electron chi connectivity index (χ1n) is 9.38.